The number of carbonyl (C=O) groups is 1. The number of rotatable bonds is 15. The molecule has 14 heteroatoms. The molecule has 0 spiro atoms. The van der Waals surface area contributed by atoms with Gasteiger partial charge in [0.25, 0.3) is 14.1 Å². The van der Waals surface area contributed by atoms with Gasteiger partial charge in [0.05, 0.1) is 26.4 Å². The van der Waals surface area contributed by atoms with E-state index in [0.717, 1.165) is 16.8 Å². The zero-order valence-corrected chi connectivity index (χ0v) is 23.0. The van der Waals surface area contributed by atoms with Crippen LogP contribution in [0.25, 0.3) is 0 Å². The Bertz CT molecular complexity index is 925. The molecule has 2 unspecified atom stereocenters. The molecular weight excluding hydrogens is 516 g/mol. The van der Waals surface area contributed by atoms with Crippen LogP contribution in [0, 0.1) is 0 Å². The maximum absolute atomic E-state index is 15.6. The number of hydrogen-bond donors (Lipinski definition) is 2. The Labute approximate surface area is 215 Å². The van der Waals surface area contributed by atoms with Crippen LogP contribution in [0.3, 0.4) is 0 Å². The summed E-state index contributed by atoms with van der Waals surface area (Å²) in [4.78, 5) is 37.0. The summed E-state index contributed by atoms with van der Waals surface area (Å²) in [6.45, 7) is 9.94. The lowest BCUT2D eigenvalue weighted by molar-refractivity contribution is -0.110. The number of aliphatic hydroxyl groups is 1. The first-order valence-corrected chi connectivity index (χ1v) is 14.1. The van der Waals surface area contributed by atoms with Crippen LogP contribution in [0.4, 0.5) is 4.39 Å². The molecule has 5 atom stereocenters. The molecule has 206 valence electrons. The predicted molar refractivity (Wildman–Crippen MR) is 136 cm³/mol. The van der Waals surface area contributed by atoms with Gasteiger partial charge in [-0.2, -0.15) is 0 Å². The maximum atomic E-state index is 15.6. The summed E-state index contributed by atoms with van der Waals surface area (Å²) in [6.07, 6.45) is -3.85. The number of ether oxygens (including phenoxy) is 2. The lowest BCUT2D eigenvalue weighted by atomic mass is 10.1. The molecule has 0 saturated carbocycles. The highest BCUT2D eigenvalue weighted by molar-refractivity contribution is 8.13. The van der Waals surface area contributed by atoms with Crippen LogP contribution in [-0.4, -0.2) is 87.1 Å². The second kappa shape index (κ2) is 15.3. The van der Waals surface area contributed by atoms with E-state index < -0.39 is 51.0 Å². The molecule has 1 aliphatic rings. The highest BCUT2D eigenvalue weighted by atomic mass is 32.2. The van der Waals surface area contributed by atoms with Crippen LogP contribution in [0.1, 0.15) is 47.3 Å². The third-order valence-electron chi connectivity index (χ3n) is 5.24. The molecule has 0 aromatic carbocycles. The van der Waals surface area contributed by atoms with E-state index in [0.29, 0.717) is 18.8 Å². The number of aromatic amines is 1. The summed E-state index contributed by atoms with van der Waals surface area (Å²) in [5.74, 6) is 0.550. The average Bonchev–Trinajstić information content (AvgIpc) is 3.12. The van der Waals surface area contributed by atoms with Crippen molar-refractivity contribution in [2.75, 3.05) is 32.2 Å². The van der Waals surface area contributed by atoms with Crippen molar-refractivity contribution in [3.63, 3.8) is 0 Å². The fourth-order valence-electron chi connectivity index (χ4n) is 3.64. The van der Waals surface area contributed by atoms with Crippen LogP contribution in [0.5, 0.6) is 0 Å². The third-order valence-corrected chi connectivity index (χ3v) is 8.35. The largest absolute Gasteiger partial charge is 0.394 e. The number of aromatic nitrogens is 2. The molecule has 0 bridgehead atoms. The van der Waals surface area contributed by atoms with Gasteiger partial charge < -0.3 is 23.6 Å². The third kappa shape index (κ3) is 8.70. The van der Waals surface area contributed by atoms with Gasteiger partial charge in [0.1, 0.15) is 12.2 Å². The first kappa shape index (κ1) is 31.0. The van der Waals surface area contributed by atoms with Crippen LogP contribution in [-0.2, 0) is 23.3 Å². The minimum Gasteiger partial charge on any atom is -0.394 e. The van der Waals surface area contributed by atoms with E-state index in [9.17, 15) is 19.5 Å². The summed E-state index contributed by atoms with van der Waals surface area (Å²) in [6, 6.07) is 1.09. The van der Waals surface area contributed by atoms with Crippen molar-refractivity contribution >= 4 is 25.4 Å². The van der Waals surface area contributed by atoms with E-state index in [2.05, 4.69) is 4.98 Å². The zero-order valence-electron chi connectivity index (χ0n) is 21.3. The molecule has 1 saturated heterocycles. The van der Waals surface area contributed by atoms with E-state index >= 15 is 4.39 Å². The lowest BCUT2D eigenvalue weighted by Gasteiger charge is -2.37. The number of H-pyrrole nitrogens is 1. The van der Waals surface area contributed by atoms with Crippen LogP contribution in [0.15, 0.2) is 21.9 Å². The molecule has 0 radical (unpaired) electrons. The van der Waals surface area contributed by atoms with Gasteiger partial charge in [0.15, 0.2) is 17.5 Å². The minimum absolute atomic E-state index is 0.000871. The van der Waals surface area contributed by atoms with Gasteiger partial charge in [-0.05, 0) is 27.7 Å². The summed E-state index contributed by atoms with van der Waals surface area (Å²) in [5.41, 5.74) is -1.44. The van der Waals surface area contributed by atoms with Crippen molar-refractivity contribution in [1.82, 2.24) is 14.2 Å². The van der Waals surface area contributed by atoms with E-state index in [4.69, 9.17) is 18.5 Å². The number of nitrogens with zero attached hydrogens (tertiary/aromatic N) is 2. The van der Waals surface area contributed by atoms with Gasteiger partial charge in [-0.25, -0.2) is 13.9 Å². The zero-order chi connectivity index (χ0) is 26.8. The fraction of sp³-hybridized carbons (Fsp3) is 0.773. The molecular formula is C22H37FN3O8PS. The molecule has 1 fully saturated rings. The topological polar surface area (TPSA) is 132 Å². The Balaban J connectivity index is 2.09. The van der Waals surface area contributed by atoms with Crippen LogP contribution < -0.4 is 11.2 Å². The number of thioether (sulfide) groups is 1. The van der Waals surface area contributed by atoms with E-state index in [1.165, 1.54) is 11.8 Å². The Morgan fingerprint density at radius 3 is 2.56 bits per heavy atom. The first-order chi connectivity index (χ1) is 17.1. The molecule has 1 aliphatic heterocycles. The van der Waals surface area contributed by atoms with Gasteiger partial charge in [-0.15, -0.1) is 0 Å². The number of hydrogen-bond acceptors (Lipinski definition) is 10. The number of carbonyl (C=O) groups excluding carboxylic acids is 1. The van der Waals surface area contributed by atoms with Crippen molar-refractivity contribution in [2.45, 2.75) is 77.7 Å². The quantitative estimate of drug-likeness (QED) is 0.246. The number of alkyl halides is 1. The van der Waals surface area contributed by atoms with Gasteiger partial charge in [0, 0.05) is 36.5 Å². The highest BCUT2D eigenvalue weighted by Crippen LogP contribution is 2.50. The Hall–Kier alpha value is -1.18. The standard InChI is InChI=1S/C22H37FN3O8PS/c1-6-18(29)36-12-11-31-9-10-32-35(26(14(2)3)15(4)5)34-20-16(13-27)33-21(19(20)23)25-8-7-17(28)24-22(25)30/h7-8,14-16,19-21,27H,6,9-13H2,1-5H3,(H,24,28,30)/t16-,19+,20?,21-,35?/m1/s1. The molecule has 36 heavy (non-hydrogen) atoms. The maximum Gasteiger partial charge on any atom is 0.330 e. The first-order valence-electron chi connectivity index (χ1n) is 11.9. The Morgan fingerprint density at radius 2 is 1.97 bits per heavy atom. The smallest absolute Gasteiger partial charge is 0.330 e. The number of nitrogens with one attached hydrogen (secondary N) is 1. The summed E-state index contributed by atoms with van der Waals surface area (Å²) >= 11 is 1.22. The molecule has 0 aliphatic carbocycles. The highest BCUT2D eigenvalue weighted by Gasteiger charge is 2.49. The predicted octanol–water partition coefficient (Wildman–Crippen LogP) is 2.20. The molecule has 2 heterocycles. The number of halogens is 1. The average molecular weight is 554 g/mol. The van der Waals surface area contributed by atoms with Crippen molar-refractivity contribution in [2.24, 2.45) is 0 Å². The van der Waals surface area contributed by atoms with Gasteiger partial charge in [-0.3, -0.25) is 19.1 Å². The van der Waals surface area contributed by atoms with Gasteiger partial charge in [0.2, 0.25) is 0 Å². The number of aliphatic hydroxyl groups excluding tert-OH is 1. The SMILES string of the molecule is CCC(=O)SCCOCCOP(OC1[C@@H](CO)O[C@@H](n2ccc(=O)[nH]c2=O)[C@H]1F)N(C(C)C)C(C)C. The molecule has 1 aromatic heterocycles. The second-order valence-corrected chi connectivity index (χ2v) is 11.2. The fourth-order valence-corrected chi connectivity index (χ4v) is 6.02. The molecule has 11 nitrogen and oxygen atoms in total. The van der Waals surface area contributed by atoms with E-state index in [1.54, 1.807) is 6.92 Å². The van der Waals surface area contributed by atoms with Crippen LogP contribution >= 0.6 is 20.3 Å². The van der Waals surface area contributed by atoms with Crippen molar-refractivity contribution in [1.29, 1.82) is 0 Å². The normalized spacial score (nSPS) is 23.2. The summed E-state index contributed by atoms with van der Waals surface area (Å²) < 4.78 is 41.8. The molecule has 0 amide bonds. The molecule has 2 N–H and O–H groups in total. The second-order valence-electron chi connectivity index (χ2n) is 8.60. The van der Waals surface area contributed by atoms with Crippen LogP contribution in [0.2, 0.25) is 0 Å². The van der Waals surface area contributed by atoms with E-state index in [-0.39, 0.29) is 30.4 Å². The lowest BCUT2D eigenvalue weighted by Crippen LogP contribution is -2.39. The van der Waals surface area contributed by atoms with Crippen molar-refractivity contribution < 1.29 is 32.8 Å². The van der Waals surface area contributed by atoms with Gasteiger partial charge >= 0.3 is 5.69 Å². The molecule has 2 rings (SSSR count). The van der Waals surface area contributed by atoms with E-state index in [1.807, 2.05) is 32.4 Å². The minimum atomic E-state index is -1.81. The Kier molecular flexibility index (Phi) is 13.2. The Morgan fingerprint density at radius 1 is 1.28 bits per heavy atom. The monoisotopic (exact) mass is 553 g/mol. The van der Waals surface area contributed by atoms with Crippen molar-refractivity contribution in [3.8, 4) is 0 Å². The summed E-state index contributed by atoms with van der Waals surface area (Å²) in [5, 5.41) is 9.95. The summed E-state index contributed by atoms with van der Waals surface area (Å²) in [7, 11) is -1.79. The van der Waals surface area contributed by atoms with Gasteiger partial charge in [-0.1, -0.05) is 18.7 Å². The van der Waals surface area contributed by atoms with Crippen molar-refractivity contribution in [3.05, 3.63) is 33.1 Å². The molecule has 1 aromatic rings.